The summed E-state index contributed by atoms with van der Waals surface area (Å²) < 4.78 is 41.5. The van der Waals surface area contributed by atoms with Crippen LogP contribution in [0.25, 0.3) is 0 Å². The molecule has 16 rings (SSSR count). The Morgan fingerprint density at radius 1 is 0.294 bits per heavy atom. The Hall–Kier alpha value is -3.71. The largest absolute Gasteiger partial charge is 0.459 e. The van der Waals surface area contributed by atoms with Gasteiger partial charge in [0.05, 0.1) is 39.9 Å². The SMILES string of the molecule is CCC(C)(C)C(=O)OC1(C)CC2CC1C1CCCC21.CCC(C)(C)C(=O)OC1(C)CC2CCC1C2.CCC(C)(C)C(=O)OC1(CC)CC2CCC1C2.CCC(C)C(=O)OC1(C)CC2CC1C1CCCC21.CCC(C)C(=O)OC1(C)CC2CCC1C2.CCC(C)C(=O)OC1(C)CCCC2CCCCC21.CCC(C)C(=O)OC1(CC)CC2CCC1C2. The molecule has 14 nitrogen and oxygen atoms in total. The summed E-state index contributed by atoms with van der Waals surface area (Å²) in [5.74, 6) is 14.2. The molecule has 14 heteroatoms. The molecule has 0 saturated heterocycles. The number of rotatable bonds is 23. The first-order valence-electron chi connectivity index (χ1n) is 50.6. The maximum atomic E-state index is 12.4. The van der Waals surface area contributed by atoms with Crippen LogP contribution in [0.2, 0.25) is 0 Å². The van der Waals surface area contributed by atoms with E-state index in [9.17, 15) is 33.6 Å². The molecule has 29 unspecified atom stereocenters. The molecule has 29 atom stereocenters. The fourth-order valence-electron chi connectivity index (χ4n) is 27.2. The highest BCUT2D eigenvalue weighted by atomic mass is 16.6. The van der Waals surface area contributed by atoms with Gasteiger partial charge >= 0.3 is 41.8 Å². The second-order valence-corrected chi connectivity index (χ2v) is 46.2. The van der Waals surface area contributed by atoms with Gasteiger partial charge in [0.15, 0.2) is 0 Å². The van der Waals surface area contributed by atoms with Crippen LogP contribution in [-0.2, 0) is 66.7 Å². The fraction of sp³-hybridized carbons (Fsp3) is 0.933. The smallest absolute Gasteiger partial charge is 0.312 e. The van der Waals surface area contributed by atoms with Gasteiger partial charge in [0.25, 0.3) is 0 Å². The van der Waals surface area contributed by atoms with Gasteiger partial charge in [0, 0.05) is 17.8 Å². The molecule has 0 amide bonds. The number of fused-ring (bicyclic) bond motifs is 19. The summed E-state index contributed by atoms with van der Waals surface area (Å²) in [6, 6.07) is 0. The van der Waals surface area contributed by atoms with Crippen LogP contribution in [0.5, 0.6) is 0 Å². The van der Waals surface area contributed by atoms with Crippen molar-refractivity contribution in [3.63, 3.8) is 0 Å². The molecular weight excluding hydrogens is 1490 g/mol. The summed E-state index contributed by atoms with van der Waals surface area (Å²) in [5, 5.41) is 0. The topological polar surface area (TPSA) is 184 Å². The van der Waals surface area contributed by atoms with Crippen molar-refractivity contribution in [2.75, 3.05) is 0 Å². The molecule has 119 heavy (non-hydrogen) atoms. The average molecular weight is 1660 g/mol. The van der Waals surface area contributed by atoms with E-state index in [0.717, 1.165) is 168 Å². The molecule has 0 aliphatic heterocycles. The first-order valence-corrected chi connectivity index (χ1v) is 50.6. The molecule has 0 aromatic rings. The lowest BCUT2D eigenvalue weighted by atomic mass is 9.63. The Morgan fingerprint density at radius 2 is 0.613 bits per heavy atom. The molecule has 0 aromatic heterocycles. The Bertz CT molecular complexity index is 3390. The predicted molar refractivity (Wildman–Crippen MR) is 476 cm³/mol. The zero-order chi connectivity index (χ0) is 87.4. The Morgan fingerprint density at radius 3 is 0.975 bits per heavy atom. The summed E-state index contributed by atoms with van der Waals surface area (Å²) in [7, 11) is 0. The molecule has 16 aliphatic carbocycles. The number of carbonyl (C=O) groups excluding carboxylic acids is 7. The number of carbonyl (C=O) groups is 7. The first-order chi connectivity index (χ1) is 55.9. The molecule has 16 aliphatic rings. The Balaban J connectivity index is 0.000000146. The maximum absolute atomic E-state index is 12.4. The van der Waals surface area contributed by atoms with Crippen LogP contribution >= 0.6 is 0 Å². The van der Waals surface area contributed by atoms with Gasteiger partial charge in [0.2, 0.25) is 0 Å². The second kappa shape index (κ2) is 39.7. The van der Waals surface area contributed by atoms with Crippen molar-refractivity contribution in [3.8, 4) is 0 Å². The van der Waals surface area contributed by atoms with E-state index in [1.165, 1.54) is 167 Å². The van der Waals surface area contributed by atoms with Gasteiger partial charge in [-0.05, 0) is 403 Å². The van der Waals surface area contributed by atoms with E-state index < -0.39 is 0 Å². The Kier molecular flexibility index (Phi) is 32.5. The minimum absolute atomic E-state index is 0.00699. The minimum atomic E-state index is -0.333. The highest BCUT2D eigenvalue weighted by molar-refractivity contribution is 5.78. The van der Waals surface area contributed by atoms with Gasteiger partial charge < -0.3 is 33.2 Å². The van der Waals surface area contributed by atoms with E-state index in [4.69, 9.17) is 33.2 Å². The number of ether oxygens (including phenoxy) is 7. The molecule has 0 N–H and O–H groups in total. The van der Waals surface area contributed by atoms with E-state index in [1.807, 2.05) is 90.0 Å². The van der Waals surface area contributed by atoms with E-state index >= 15 is 0 Å². The highest BCUT2D eigenvalue weighted by Gasteiger charge is 2.64. The molecule has 12 bridgehead atoms. The van der Waals surface area contributed by atoms with Gasteiger partial charge in [-0.3, -0.25) is 33.6 Å². The van der Waals surface area contributed by atoms with Crippen molar-refractivity contribution in [1.29, 1.82) is 0 Å². The van der Waals surface area contributed by atoms with Crippen LogP contribution in [0.15, 0.2) is 0 Å². The normalized spacial score (nSPS) is 40.5. The van der Waals surface area contributed by atoms with Crippen LogP contribution in [0.1, 0.15) is 436 Å². The highest BCUT2D eigenvalue weighted by Crippen LogP contribution is 2.66. The van der Waals surface area contributed by atoms with Crippen molar-refractivity contribution < 1.29 is 66.7 Å². The molecule has 0 radical (unpaired) electrons. The van der Waals surface area contributed by atoms with Crippen LogP contribution in [-0.4, -0.2) is 81.0 Å². The quantitative estimate of drug-likeness (QED) is 0.0695. The summed E-state index contributed by atoms with van der Waals surface area (Å²) in [4.78, 5) is 84.7. The van der Waals surface area contributed by atoms with Crippen LogP contribution < -0.4 is 0 Å². The molecule has 0 spiro atoms. The van der Waals surface area contributed by atoms with Gasteiger partial charge in [-0.1, -0.05) is 122 Å². The van der Waals surface area contributed by atoms with E-state index in [1.54, 1.807) is 0 Å². The van der Waals surface area contributed by atoms with Crippen molar-refractivity contribution >= 4 is 41.8 Å². The van der Waals surface area contributed by atoms with Crippen LogP contribution in [0.3, 0.4) is 0 Å². The molecule has 0 heterocycles. The lowest BCUT2D eigenvalue weighted by Crippen LogP contribution is -2.48. The third-order valence-corrected chi connectivity index (χ3v) is 37.3. The maximum Gasteiger partial charge on any atom is 0.312 e. The summed E-state index contributed by atoms with van der Waals surface area (Å²) in [6.45, 7) is 49.4. The van der Waals surface area contributed by atoms with E-state index in [0.29, 0.717) is 41.4 Å². The van der Waals surface area contributed by atoms with Crippen molar-refractivity contribution in [1.82, 2.24) is 0 Å². The standard InChI is InChI=1S/C17H28O2.C16H26O2.C16H28O2.C15H26O2.2C14H24O2.C13H22O2/c1-5-16(2,3)15(18)19-17(4)10-11-9-14(17)13-8-6-7-12(11)13;1-4-10(2)15(17)18-16(3)9-11-8-14(16)13-7-5-6-12(11)13;1-4-12(2)15(17)18-16(3)11-7-9-13-8-5-6-10-14(13)16;1-5-14(3,4)13(16)17-15(6-2)10-11-7-8-12(15)9-11;1-5-13(2,3)12(15)16-14(4)9-10-6-7-11(14)8-10;1-4-10(3)13(15)16-14(5-2)9-11-6-7-12(14)8-11;1-4-9(2)12(14)15-13(3)8-10-5-6-11(13)7-10/h11-14H,5-10H2,1-4H3;10-14H,4-9H2,1-3H3;12-14H,4-11H2,1-3H3;11-12H,5-10H2,1-4H3;10-11H,5-9H2,1-4H3;10-12H,4-9H2,1-3H3;9-11H,4-8H2,1-3H3. The molecule has 16 saturated carbocycles. The molecule has 682 valence electrons. The minimum Gasteiger partial charge on any atom is -0.459 e. The zero-order valence-corrected chi connectivity index (χ0v) is 80.6. The first kappa shape index (κ1) is 97.5. The van der Waals surface area contributed by atoms with Gasteiger partial charge in [0.1, 0.15) is 39.2 Å². The number of hydrogen-bond acceptors (Lipinski definition) is 14. The monoisotopic (exact) mass is 1660 g/mol. The third kappa shape index (κ3) is 21.6. The lowest BCUT2D eigenvalue weighted by molar-refractivity contribution is -0.179. The average Bonchev–Trinajstić information content (AvgIpc) is 1.60. The van der Waals surface area contributed by atoms with Crippen LogP contribution in [0, 0.1) is 146 Å². The van der Waals surface area contributed by atoms with Gasteiger partial charge in [-0.25, -0.2) is 0 Å². The second-order valence-electron chi connectivity index (χ2n) is 46.2. The lowest BCUT2D eigenvalue weighted by Gasteiger charge is -2.48. The molecular formula is C105H178O14. The van der Waals surface area contributed by atoms with Crippen molar-refractivity contribution in [2.24, 2.45) is 146 Å². The van der Waals surface area contributed by atoms with Crippen molar-refractivity contribution in [2.45, 2.75) is 475 Å². The summed E-state index contributed by atoms with van der Waals surface area (Å²) in [5.41, 5.74) is -1.99. The summed E-state index contributed by atoms with van der Waals surface area (Å²) in [6.07, 6.45) is 50.2. The fourth-order valence-corrected chi connectivity index (χ4v) is 27.2. The summed E-state index contributed by atoms with van der Waals surface area (Å²) >= 11 is 0. The van der Waals surface area contributed by atoms with Crippen molar-refractivity contribution in [3.05, 3.63) is 0 Å². The zero-order valence-electron chi connectivity index (χ0n) is 80.6. The number of hydrogen-bond donors (Lipinski definition) is 0. The number of esters is 7. The predicted octanol–water partition coefficient (Wildman–Crippen LogP) is 26.5. The van der Waals surface area contributed by atoms with Crippen LogP contribution in [0.4, 0.5) is 0 Å². The van der Waals surface area contributed by atoms with E-state index in [2.05, 4.69) is 76.2 Å². The molecule has 16 fully saturated rings. The molecule has 0 aromatic carbocycles. The van der Waals surface area contributed by atoms with Gasteiger partial charge in [-0.15, -0.1) is 0 Å². The third-order valence-electron chi connectivity index (χ3n) is 37.3. The van der Waals surface area contributed by atoms with Gasteiger partial charge in [-0.2, -0.15) is 0 Å². The Labute approximate surface area is 726 Å². The van der Waals surface area contributed by atoms with E-state index in [-0.39, 0.29) is 121 Å².